The maximum Gasteiger partial charge on any atom is 0.288 e. The summed E-state index contributed by atoms with van der Waals surface area (Å²) >= 11 is 0. The van der Waals surface area contributed by atoms with E-state index in [0.29, 0.717) is 105 Å². The number of fused-ring (bicyclic) bond motifs is 8. The molecule has 5 aromatic carbocycles. The van der Waals surface area contributed by atoms with Gasteiger partial charge >= 0.3 is 0 Å². The fraction of sp³-hybridized carbons (Fsp3) is 0.429. The summed E-state index contributed by atoms with van der Waals surface area (Å²) in [5.74, 6) is 0.852. The first-order valence-corrected chi connectivity index (χ1v) is 33.0. The van der Waals surface area contributed by atoms with E-state index < -0.39 is 33.7 Å². The highest BCUT2D eigenvalue weighted by Crippen LogP contribution is 2.45. The van der Waals surface area contributed by atoms with Crippen LogP contribution in [0.3, 0.4) is 0 Å². The average Bonchev–Trinajstić information content (AvgIpc) is 1.70. The van der Waals surface area contributed by atoms with Gasteiger partial charge < -0.3 is 73.8 Å². The van der Waals surface area contributed by atoms with Crippen LogP contribution in [0.2, 0.25) is 0 Å². The number of aliphatic hydroxyl groups is 1. The van der Waals surface area contributed by atoms with Gasteiger partial charge in [-0.25, -0.2) is 0 Å². The van der Waals surface area contributed by atoms with Crippen LogP contribution >= 0.6 is 21.6 Å². The van der Waals surface area contributed by atoms with Crippen molar-refractivity contribution in [2.24, 2.45) is 0 Å². The van der Waals surface area contributed by atoms with Crippen molar-refractivity contribution in [2.45, 2.75) is 81.2 Å². The van der Waals surface area contributed by atoms with E-state index in [1.165, 1.54) is 48.3 Å². The number of methoxy groups -OCH3 is 3. The van der Waals surface area contributed by atoms with E-state index in [0.717, 1.165) is 34.5 Å². The van der Waals surface area contributed by atoms with Crippen LogP contribution < -0.4 is 49.6 Å². The fourth-order valence-electron chi connectivity index (χ4n) is 11.6. The molecule has 4 amide bonds. The number of carbonyl (C=O) groups is 4. The molecule has 4 atom stereocenters. The molecule has 5 aromatic rings. The first-order valence-electron chi connectivity index (χ1n) is 29.2. The summed E-state index contributed by atoms with van der Waals surface area (Å²) in [5, 5.41) is 17.8. The van der Waals surface area contributed by atoms with E-state index in [1.54, 1.807) is 46.9 Å². The Bertz CT molecular complexity index is 3520. The molecule has 0 saturated heterocycles. The molecule has 470 valence electrons. The van der Waals surface area contributed by atoms with Crippen molar-refractivity contribution in [3.8, 4) is 23.0 Å². The van der Waals surface area contributed by atoms with E-state index in [9.17, 15) is 37.3 Å². The number of nitrogens with one attached hydrogen (secondary N) is 3. The van der Waals surface area contributed by atoms with Crippen molar-refractivity contribution in [1.29, 1.82) is 0 Å². The van der Waals surface area contributed by atoms with Crippen molar-refractivity contribution in [3.05, 3.63) is 137 Å². The van der Waals surface area contributed by atoms with E-state index in [2.05, 4.69) is 40.8 Å². The van der Waals surface area contributed by atoms with Gasteiger partial charge in [-0.3, -0.25) is 23.7 Å². The largest absolute Gasteiger partial charge is 0.493 e. The highest BCUT2D eigenvalue weighted by molar-refractivity contribution is 8.77. The van der Waals surface area contributed by atoms with Gasteiger partial charge in [-0.1, -0.05) is 58.0 Å². The van der Waals surface area contributed by atoms with Crippen molar-refractivity contribution in [1.82, 2.24) is 10.2 Å². The smallest absolute Gasteiger partial charge is 0.288 e. The predicted molar refractivity (Wildman–Crippen MR) is 339 cm³/mol. The molecule has 5 N–H and O–H groups in total. The van der Waals surface area contributed by atoms with Crippen LogP contribution in [0.25, 0.3) is 0 Å². The minimum Gasteiger partial charge on any atom is -0.493 e. The minimum absolute atomic E-state index is 0.0386. The molecule has 0 bridgehead atoms. The molecule has 5 aliphatic heterocycles. The average molecular weight is 1270 g/mol. The normalized spacial score (nSPS) is 18.3. The van der Waals surface area contributed by atoms with Crippen LogP contribution in [-0.2, 0) is 60.0 Å². The van der Waals surface area contributed by atoms with Crippen LogP contribution in [0.1, 0.15) is 69.7 Å². The lowest BCUT2D eigenvalue weighted by atomic mass is 10.1. The Kier molecular flexibility index (Phi) is 20.7. The standard InChI is InChI=1S/C63H75N7O15S3/c1-63(2,87-86-26-10-15-57(71)64-18-19-68-58(72)16-17-59(68)73)39-67(20-21-82-24-25-83-23-22-79-3)44-28-40(37-84-55-34-48-46(32-53(55)80-4)61(74)69-45(36-65-48)30-42-11-6-8-13-50(42)69)27-41(29-44)38-85-56-35-49-47(33-54(56)81-5)62(75)70-51-14-9-7-12-43(51)31-52(70)60(66-49)88(76,77)78/h6-9,11-14,16-17,27-29,32-35,45,52,58,60,65-66,72H,10,15,18-26,30-31,36-39H2,1-5H3,(H,64,71)(H,76,77,78)/t45-,52-,58?,60?/m0/s1. The van der Waals surface area contributed by atoms with Gasteiger partial charge in [-0.05, 0) is 104 Å². The molecule has 22 nitrogen and oxygen atoms in total. The maximum atomic E-state index is 14.5. The number of hydrogen-bond donors (Lipinski definition) is 5. The first-order chi connectivity index (χ1) is 42.4. The van der Waals surface area contributed by atoms with Crippen LogP contribution in [0.5, 0.6) is 23.0 Å². The zero-order chi connectivity index (χ0) is 62.1. The number of benzene rings is 5. The van der Waals surface area contributed by atoms with Gasteiger partial charge in [0.2, 0.25) is 11.8 Å². The lowest BCUT2D eigenvalue weighted by Crippen LogP contribution is -2.49. The predicted octanol–water partition coefficient (Wildman–Crippen LogP) is 7.33. The van der Waals surface area contributed by atoms with Crippen LogP contribution in [0.15, 0.2) is 103 Å². The van der Waals surface area contributed by atoms with E-state index in [1.807, 2.05) is 59.5 Å². The summed E-state index contributed by atoms with van der Waals surface area (Å²) < 4.78 is 78.6. The zero-order valence-electron chi connectivity index (χ0n) is 49.9. The number of ether oxygens (including phenoxy) is 7. The molecule has 2 unspecified atom stereocenters. The molecule has 0 saturated carbocycles. The number of hydrogen-bond acceptors (Lipinski definition) is 19. The SMILES string of the molecule is COCCOCCOCCN(CC(C)(C)SSCCCC(=O)NCCN1C(=O)C=CC1O)c1cc(COc2cc3c(cc2OC)C(=O)N2c4ccccc4C[C@H]2CN3)cc(COc2cc3c(cc2OC)C(=O)N2c4ccccc4C[C@H]2C(S(=O)(=O)O)N3)c1. The number of amides is 4. The zero-order valence-corrected chi connectivity index (χ0v) is 52.3. The number of para-hydroxylation sites is 2. The number of nitrogens with zero attached hydrogens (tertiary/aromatic N) is 4. The molecule has 0 spiro atoms. The summed E-state index contributed by atoms with van der Waals surface area (Å²) in [4.78, 5) is 60.4. The summed E-state index contributed by atoms with van der Waals surface area (Å²) in [7, 11) is 3.21. The van der Waals surface area contributed by atoms with Gasteiger partial charge in [-0.2, -0.15) is 8.42 Å². The van der Waals surface area contributed by atoms with Gasteiger partial charge in [0.05, 0.1) is 81.8 Å². The highest BCUT2D eigenvalue weighted by atomic mass is 33.1. The monoisotopic (exact) mass is 1270 g/mol. The third-order valence-electron chi connectivity index (χ3n) is 15.8. The third kappa shape index (κ3) is 14.9. The second-order valence-corrected chi connectivity index (χ2v) is 27.1. The maximum absolute atomic E-state index is 14.5. The molecule has 0 fully saturated rings. The Labute approximate surface area is 520 Å². The van der Waals surface area contributed by atoms with Crippen LogP contribution in [0, 0.1) is 0 Å². The van der Waals surface area contributed by atoms with Crippen molar-refractivity contribution >= 4 is 83.8 Å². The van der Waals surface area contributed by atoms with Gasteiger partial charge in [0, 0.05) is 92.0 Å². The second-order valence-electron chi connectivity index (χ2n) is 22.4. The highest BCUT2D eigenvalue weighted by Gasteiger charge is 2.47. The quantitative estimate of drug-likeness (QED) is 0.0171. The van der Waals surface area contributed by atoms with Gasteiger partial charge in [0.1, 0.15) is 19.4 Å². The molecule has 0 radical (unpaired) electrons. The Morgan fingerprint density at radius 3 is 2.03 bits per heavy atom. The molecular weight excluding hydrogens is 1190 g/mol. The topological polar surface area (TPSA) is 257 Å². The Balaban J connectivity index is 0.913. The first kappa shape index (κ1) is 63.8. The Morgan fingerprint density at radius 2 is 1.39 bits per heavy atom. The Morgan fingerprint density at radius 1 is 0.773 bits per heavy atom. The number of anilines is 5. The second kappa shape index (κ2) is 28.5. The van der Waals surface area contributed by atoms with Crippen LogP contribution in [0.4, 0.5) is 28.4 Å². The molecule has 0 aliphatic carbocycles. The lowest BCUT2D eigenvalue weighted by molar-refractivity contribution is -0.131. The molecule has 5 aliphatic rings. The van der Waals surface area contributed by atoms with E-state index in [-0.39, 0.29) is 84.0 Å². The van der Waals surface area contributed by atoms with Gasteiger partial charge in [-0.15, -0.1) is 0 Å². The molecule has 0 aromatic heterocycles. The number of rotatable bonds is 30. The van der Waals surface area contributed by atoms with Crippen LogP contribution in [-0.4, -0.2) is 168 Å². The number of carbonyl (C=O) groups excluding carboxylic acids is 4. The van der Waals surface area contributed by atoms with E-state index in [4.69, 9.17) is 33.2 Å². The lowest BCUT2D eigenvalue weighted by Gasteiger charge is -2.34. The summed E-state index contributed by atoms with van der Waals surface area (Å²) in [6.45, 7) is 8.27. The van der Waals surface area contributed by atoms with Gasteiger partial charge in [0.25, 0.3) is 21.9 Å². The van der Waals surface area contributed by atoms with E-state index >= 15 is 0 Å². The molecule has 88 heavy (non-hydrogen) atoms. The number of aliphatic hydroxyl groups excluding tert-OH is 1. The molecule has 25 heteroatoms. The third-order valence-corrected chi connectivity index (χ3v) is 20.2. The van der Waals surface area contributed by atoms with Crippen molar-refractivity contribution in [2.75, 3.05) is 118 Å². The molecule has 5 heterocycles. The van der Waals surface area contributed by atoms with Crippen molar-refractivity contribution in [3.63, 3.8) is 0 Å². The minimum atomic E-state index is -4.76. The molecular formula is C63H75N7O15S3. The Hall–Kier alpha value is -7.23. The summed E-state index contributed by atoms with van der Waals surface area (Å²) in [6.07, 6.45) is 3.58. The molecule has 10 rings (SSSR count). The van der Waals surface area contributed by atoms with Gasteiger partial charge in [0.15, 0.2) is 28.4 Å². The fourth-order valence-corrected chi connectivity index (χ4v) is 15.1. The summed E-state index contributed by atoms with van der Waals surface area (Å²) in [6, 6.07) is 26.7. The van der Waals surface area contributed by atoms with Crippen molar-refractivity contribution < 1.29 is 70.4 Å². The summed E-state index contributed by atoms with van der Waals surface area (Å²) in [5.41, 5.74) is 6.96.